The maximum atomic E-state index is 15.0. The standard InChI is InChI=1S/C34H37F4N7O5S/c1-45(51(2,48)49)29-15-10-9-14-28(29)41-31-25(34(36,37)38)21-40-33(43-31)42-27-18-17-24(20-26(27)35)32(47)39-19-11-4-3-8-16-30(46)44-50-22-23-12-6-5-7-13-23/h5-7,9-10,12-15,17-18,20-21H,3-4,8,11,16,19,22H2,1-2H3,(H,39,47)(H,44,46)(H2,40,41,42,43). The van der Waals surface area contributed by atoms with E-state index >= 15 is 4.39 Å². The summed E-state index contributed by atoms with van der Waals surface area (Å²) in [4.78, 5) is 37.3. The Labute approximate surface area is 292 Å². The van der Waals surface area contributed by atoms with Gasteiger partial charge < -0.3 is 16.0 Å². The molecule has 0 aliphatic carbocycles. The molecule has 2 amide bonds. The monoisotopic (exact) mass is 731 g/mol. The normalized spacial score (nSPS) is 11.5. The van der Waals surface area contributed by atoms with Gasteiger partial charge in [-0.3, -0.25) is 18.7 Å². The summed E-state index contributed by atoms with van der Waals surface area (Å²) in [5.41, 5.74) is 2.00. The van der Waals surface area contributed by atoms with Crippen LogP contribution in [0, 0.1) is 5.82 Å². The van der Waals surface area contributed by atoms with E-state index in [1.54, 1.807) is 0 Å². The Balaban J connectivity index is 1.28. The number of aromatic nitrogens is 2. The van der Waals surface area contributed by atoms with E-state index < -0.39 is 45.3 Å². The fourth-order valence-electron chi connectivity index (χ4n) is 4.68. The fourth-order valence-corrected chi connectivity index (χ4v) is 5.19. The first kappa shape index (κ1) is 38.5. The number of rotatable bonds is 17. The van der Waals surface area contributed by atoms with Crippen LogP contribution < -0.4 is 25.7 Å². The number of amides is 2. The average Bonchev–Trinajstić information content (AvgIpc) is 3.08. The van der Waals surface area contributed by atoms with E-state index in [0.717, 1.165) is 35.0 Å². The van der Waals surface area contributed by atoms with E-state index in [1.165, 1.54) is 43.4 Å². The molecule has 272 valence electrons. The summed E-state index contributed by atoms with van der Waals surface area (Å²) in [6.07, 6.45) is -0.348. The van der Waals surface area contributed by atoms with Crippen LogP contribution in [0.4, 0.5) is 46.4 Å². The predicted octanol–water partition coefficient (Wildman–Crippen LogP) is 6.45. The number of nitrogens with zero attached hydrogens (tertiary/aromatic N) is 3. The smallest absolute Gasteiger partial charge is 0.352 e. The number of hydrogen-bond donors (Lipinski definition) is 4. The Morgan fingerprint density at radius 3 is 2.31 bits per heavy atom. The van der Waals surface area contributed by atoms with Crippen LogP contribution in [0.15, 0.2) is 79.0 Å². The number of unbranched alkanes of at least 4 members (excludes halogenated alkanes) is 3. The number of sulfonamides is 1. The summed E-state index contributed by atoms with van der Waals surface area (Å²) in [6.45, 7) is 0.596. The molecule has 1 heterocycles. The molecule has 0 fully saturated rings. The maximum absolute atomic E-state index is 15.0. The lowest BCUT2D eigenvalue weighted by molar-refractivity contribution is -0.137. The summed E-state index contributed by atoms with van der Waals surface area (Å²) in [5.74, 6) is -2.73. The van der Waals surface area contributed by atoms with Crippen molar-refractivity contribution in [3.63, 3.8) is 0 Å². The zero-order valence-corrected chi connectivity index (χ0v) is 28.6. The minimum Gasteiger partial charge on any atom is -0.352 e. The molecule has 1 aromatic heterocycles. The lowest BCUT2D eigenvalue weighted by Gasteiger charge is -2.22. The third-order valence-corrected chi connectivity index (χ3v) is 8.64. The van der Waals surface area contributed by atoms with Gasteiger partial charge in [0.1, 0.15) is 17.2 Å². The van der Waals surface area contributed by atoms with Gasteiger partial charge >= 0.3 is 6.18 Å². The van der Waals surface area contributed by atoms with Crippen molar-refractivity contribution < 1.29 is 40.4 Å². The number of anilines is 5. The number of hydroxylamine groups is 1. The summed E-state index contributed by atoms with van der Waals surface area (Å²) in [6, 6.07) is 18.7. The van der Waals surface area contributed by atoms with Crippen LogP contribution in [0.3, 0.4) is 0 Å². The van der Waals surface area contributed by atoms with Crippen molar-refractivity contribution >= 4 is 50.7 Å². The molecule has 0 aliphatic heterocycles. The molecular weight excluding hydrogens is 694 g/mol. The van der Waals surface area contributed by atoms with Gasteiger partial charge in [0.15, 0.2) is 0 Å². The quantitative estimate of drug-likeness (QED) is 0.0545. The van der Waals surface area contributed by atoms with Gasteiger partial charge in [0.25, 0.3) is 5.91 Å². The largest absolute Gasteiger partial charge is 0.421 e. The number of carbonyl (C=O) groups excluding carboxylic acids is 2. The van der Waals surface area contributed by atoms with Gasteiger partial charge in [0, 0.05) is 31.8 Å². The van der Waals surface area contributed by atoms with E-state index in [0.29, 0.717) is 32.0 Å². The highest BCUT2D eigenvalue weighted by atomic mass is 32.2. The highest BCUT2D eigenvalue weighted by Crippen LogP contribution is 2.37. The van der Waals surface area contributed by atoms with Crippen LogP contribution in [-0.2, 0) is 32.4 Å². The van der Waals surface area contributed by atoms with Gasteiger partial charge in [-0.2, -0.15) is 18.2 Å². The SMILES string of the molecule is CN(c1ccccc1Nc1nc(Nc2ccc(C(=O)NCCCCCCC(=O)NOCc3ccccc3)cc2F)ncc1C(F)(F)F)S(C)(=O)=O. The molecule has 17 heteroatoms. The molecule has 4 N–H and O–H groups in total. The van der Waals surface area contributed by atoms with Crippen molar-refractivity contribution in [3.8, 4) is 0 Å². The van der Waals surface area contributed by atoms with Crippen LogP contribution in [0.25, 0.3) is 0 Å². The first-order valence-corrected chi connectivity index (χ1v) is 17.6. The van der Waals surface area contributed by atoms with E-state index in [4.69, 9.17) is 4.84 Å². The number of carbonyl (C=O) groups is 2. The minimum absolute atomic E-state index is 0.00905. The van der Waals surface area contributed by atoms with E-state index in [2.05, 4.69) is 31.4 Å². The number of hydrogen-bond acceptors (Lipinski definition) is 9. The zero-order chi connectivity index (χ0) is 37.0. The molecule has 0 atom stereocenters. The lowest BCUT2D eigenvalue weighted by Crippen LogP contribution is -2.25. The predicted molar refractivity (Wildman–Crippen MR) is 184 cm³/mol. The van der Waals surface area contributed by atoms with Crippen molar-refractivity contribution in [3.05, 3.63) is 102 Å². The average molecular weight is 732 g/mol. The van der Waals surface area contributed by atoms with Crippen molar-refractivity contribution in [2.24, 2.45) is 0 Å². The van der Waals surface area contributed by atoms with Gasteiger partial charge in [-0.25, -0.2) is 23.3 Å². The summed E-state index contributed by atoms with van der Waals surface area (Å²) >= 11 is 0. The number of nitrogens with one attached hydrogen (secondary N) is 4. The van der Waals surface area contributed by atoms with Crippen LogP contribution in [0.5, 0.6) is 0 Å². The second-order valence-corrected chi connectivity index (χ2v) is 13.4. The summed E-state index contributed by atoms with van der Waals surface area (Å²) < 4.78 is 81.7. The van der Waals surface area contributed by atoms with Crippen molar-refractivity contribution in [1.29, 1.82) is 0 Å². The van der Waals surface area contributed by atoms with E-state index in [1.807, 2.05) is 30.3 Å². The molecule has 3 aromatic carbocycles. The summed E-state index contributed by atoms with van der Waals surface area (Å²) in [7, 11) is -2.51. The maximum Gasteiger partial charge on any atom is 0.421 e. The van der Waals surface area contributed by atoms with Crippen LogP contribution in [0.1, 0.15) is 53.6 Å². The van der Waals surface area contributed by atoms with Crippen LogP contribution in [0.2, 0.25) is 0 Å². The van der Waals surface area contributed by atoms with Crippen molar-refractivity contribution in [1.82, 2.24) is 20.8 Å². The van der Waals surface area contributed by atoms with Crippen molar-refractivity contribution in [2.75, 3.05) is 34.8 Å². The minimum atomic E-state index is -4.88. The van der Waals surface area contributed by atoms with E-state index in [-0.39, 0.29) is 35.1 Å². The van der Waals surface area contributed by atoms with E-state index in [9.17, 15) is 31.2 Å². The highest BCUT2D eigenvalue weighted by molar-refractivity contribution is 7.92. The topological polar surface area (TPSA) is 155 Å². The molecular formula is C34H37F4N7O5S. The van der Waals surface area contributed by atoms with Gasteiger partial charge in [0.2, 0.25) is 21.9 Å². The molecule has 0 saturated carbocycles. The molecule has 0 aliphatic rings. The molecule has 4 aromatic rings. The van der Waals surface area contributed by atoms with Gasteiger partial charge in [-0.05, 0) is 48.7 Å². The summed E-state index contributed by atoms with van der Waals surface area (Å²) in [5, 5.41) is 7.76. The second-order valence-electron chi connectivity index (χ2n) is 11.4. The Bertz CT molecular complexity index is 1920. The number of para-hydroxylation sites is 2. The second kappa shape index (κ2) is 17.6. The molecule has 0 saturated heterocycles. The third-order valence-electron chi connectivity index (χ3n) is 7.45. The van der Waals surface area contributed by atoms with Gasteiger partial charge in [-0.15, -0.1) is 0 Å². The molecule has 0 spiro atoms. The number of benzene rings is 3. The fraction of sp³-hybridized carbons (Fsp3) is 0.294. The highest BCUT2D eigenvalue weighted by Gasteiger charge is 2.36. The molecule has 51 heavy (non-hydrogen) atoms. The van der Waals surface area contributed by atoms with Crippen LogP contribution in [-0.4, -0.2) is 50.0 Å². The molecule has 0 unspecified atom stereocenters. The molecule has 0 radical (unpaired) electrons. The van der Waals surface area contributed by atoms with Crippen molar-refractivity contribution in [2.45, 2.75) is 44.9 Å². The Morgan fingerprint density at radius 2 is 1.61 bits per heavy atom. The van der Waals surface area contributed by atoms with Gasteiger partial charge in [0.05, 0.1) is 29.9 Å². The molecule has 4 rings (SSSR count). The lowest BCUT2D eigenvalue weighted by atomic mass is 10.1. The molecule has 0 bridgehead atoms. The first-order chi connectivity index (χ1) is 24.2. The Kier molecular flexibility index (Phi) is 13.3. The van der Waals surface area contributed by atoms with Crippen LogP contribution >= 0.6 is 0 Å². The number of halogens is 4. The number of alkyl halides is 3. The Morgan fingerprint density at radius 1 is 0.902 bits per heavy atom. The molecule has 12 nitrogen and oxygen atoms in total. The Hall–Kier alpha value is -5.29. The van der Waals surface area contributed by atoms with Gasteiger partial charge in [-0.1, -0.05) is 55.3 Å². The third kappa shape index (κ3) is 11.6. The first-order valence-electron chi connectivity index (χ1n) is 15.8. The zero-order valence-electron chi connectivity index (χ0n) is 27.8.